The molecule has 0 amide bonds. The third-order valence-electron chi connectivity index (χ3n) is 5.32. The summed E-state index contributed by atoms with van der Waals surface area (Å²) >= 11 is 0.821. The molecule has 0 radical (unpaired) electrons. The highest BCUT2D eigenvalue weighted by Gasteiger charge is 2.53. The van der Waals surface area contributed by atoms with Crippen LogP contribution >= 0.6 is 11.8 Å². The number of benzene rings is 1. The lowest BCUT2D eigenvalue weighted by Crippen LogP contribution is -2.59. The number of hydrogen-bond acceptors (Lipinski definition) is 12. The van der Waals surface area contributed by atoms with Gasteiger partial charge in [-0.1, -0.05) is 30.8 Å². The first kappa shape index (κ1) is 31.8. The molecule has 1 aliphatic rings. The molecule has 1 aromatic carbocycles. The Hall–Kier alpha value is -3.45. The largest absolute Gasteiger partial charge is 0.496 e. The molecule has 0 saturated carbocycles. The fourth-order valence-corrected chi connectivity index (χ4v) is 4.40. The van der Waals surface area contributed by atoms with Crippen LogP contribution in [-0.2, 0) is 47.7 Å². The predicted octanol–water partition coefficient (Wildman–Crippen LogP) is 3.08. The summed E-state index contributed by atoms with van der Waals surface area (Å²) in [5.74, 6) is -3.30. The lowest BCUT2D eigenvalue weighted by atomic mass is 9.89. The van der Waals surface area contributed by atoms with E-state index in [2.05, 4.69) is 0 Å². The zero-order chi connectivity index (χ0) is 29.3. The highest BCUT2D eigenvalue weighted by Crippen LogP contribution is 2.41. The number of thioether (sulfide) groups is 1. The van der Waals surface area contributed by atoms with Gasteiger partial charge in [0, 0.05) is 33.3 Å². The normalized spacial score (nSPS) is 22.8. The van der Waals surface area contributed by atoms with Crippen LogP contribution in [0.25, 0.3) is 6.08 Å². The second-order valence-corrected chi connectivity index (χ2v) is 9.57. The first-order valence-electron chi connectivity index (χ1n) is 11.9. The van der Waals surface area contributed by atoms with Crippen LogP contribution in [0.1, 0.15) is 51.8 Å². The number of methoxy groups -OCH3 is 1. The number of esters is 4. The van der Waals surface area contributed by atoms with Crippen molar-refractivity contribution in [2.75, 3.05) is 19.5 Å². The van der Waals surface area contributed by atoms with Crippen molar-refractivity contribution < 1.29 is 56.8 Å². The Morgan fingerprint density at radius 3 is 2.05 bits per heavy atom. The van der Waals surface area contributed by atoms with Crippen LogP contribution in [0.15, 0.2) is 24.0 Å². The van der Waals surface area contributed by atoms with E-state index in [4.69, 9.17) is 28.4 Å². The summed E-state index contributed by atoms with van der Waals surface area (Å²) in [6.07, 6.45) is -5.29. The van der Waals surface area contributed by atoms with Gasteiger partial charge >= 0.3 is 23.9 Å². The van der Waals surface area contributed by atoms with Gasteiger partial charge in [0.2, 0.25) is 5.12 Å². The maximum absolute atomic E-state index is 14.3. The van der Waals surface area contributed by atoms with E-state index in [0.29, 0.717) is 16.9 Å². The van der Waals surface area contributed by atoms with Gasteiger partial charge in [0.25, 0.3) is 0 Å². The van der Waals surface area contributed by atoms with Crippen molar-refractivity contribution in [3.8, 4) is 5.75 Å². The highest BCUT2D eigenvalue weighted by atomic mass is 32.2. The molecule has 1 fully saturated rings. The molecule has 0 aromatic heterocycles. The van der Waals surface area contributed by atoms with E-state index in [1.54, 1.807) is 6.92 Å². The number of carbonyl (C=O) groups is 5. The molecule has 0 spiro atoms. The first-order chi connectivity index (χ1) is 18.4. The van der Waals surface area contributed by atoms with Gasteiger partial charge < -0.3 is 28.4 Å². The topological polar surface area (TPSA) is 141 Å². The summed E-state index contributed by atoms with van der Waals surface area (Å²) in [6, 6.07) is 4.42. The van der Waals surface area contributed by atoms with E-state index in [1.807, 2.05) is 0 Å². The molecule has 214 valence electrons. The molecule has 1 heterocycles. The molecule has 11 nitrogen and oxygen atoms in total. The monoisotopic (exact) mass is 570 g/mol. The van der Waals surface area contributed by atoms with Gasteiger partial charge in [-0.15, -0.1) is 0 Å². The Labute approximate surface area is 229 Å². The smallest absolute Gasteiger partial charge is 0.303 e. The summed E-state index contributed by atoms with van der Waals surface area (Å²) in [5, 5.41) is -0.722. The Kier molecular flexibility index (Phi) is 11.9. The van der Waals surface area contributed by atoms with Gasteiger partial charge in [-0.25, -0.2) is 4.39 Å². The van der Waals surface area contributed by atoms with Gasteiger partial charge in [0.05, 0.1) is 7.11 Å². The van der Waals surface area contributed by atoms with Crippen molar-refractivity contribution in [1.29, 1.82) is 0 Å². The standard InChI is InChI=1S/C26H31FO11S/c1-7-39-26(32)19(27)10-17-8-9-18(20(11-17)33-6)22-24(36-15(4)30)25(37-16(5)31)23(35-14(3)29)21(38-22)12-34-13(2)28/h8-11,21-25H,7,12H2,1-6H3/b19-10+/t21-,22+,23-,24+,25+/m1/s1. The van der Waals surface area contributed by atoms with Crippen LogP contribution in [0, 0.1) is 0 Å². The van der Waals surface area contributed by atoms with Crippen LogP contribution in [0.4, 0.5) is 4.39 Å². The van der Waals surface area contributed by atoms with Crippen LogP contribution < -0.4 is 4.74 Å². The van der Waals surface area contributed by atoms with Crippen LogP contribution in [0.2, 0.25) is 0 Å². The third kappa shape index (κ3) is 9.06. The Balaban J connectivity index is 2.63. The summed E-state index contributed by atoms with van der Waals surface area (Å²) in [5.41, 5.74) is 0.589. The molecule has 13 heteroatoms. The molecule has 0 unspecified atom stereocenters. The average Bonchev–Trinajstić information content (AvgIpc) is 2.84. The van der Waals surface area contributed by atoms with Crippen LogP contribution in [0.3, 0.4) is 0 Å². The Morgan fingerprint density at radius 1 is 0.923 bits per heavy atom. The number of hydrogen-bond donors (Lipinski definition) is 0. The number of ether oxygens (including phenoxy) is 6. The fraction of sp³-hybridized carbons (Fsp3) is 0.500. The summed E-state index contributed by atoms with van der Waals surface area (Å²) < 4.78 is 47.4. The fourth-order valence-electron chi connectivity index (χ4n) is 3.94. The molecule has 0 bridgehead atoms. The lowest BCUT2D eigenvalue weighted by Gasteiger charge is -2.44. The quantitative estimate of drug-likeness (QED) is 0.232. The minimum atomic E-state index is -1.36. The van der Waals surface area contributed by atoms with E-state index in [1.165, 1.54) is 32.2 Å². The van der Waals surface area contributed by atoms with Crippen molar-refractivity contribution in [2.24, 2.45) is 0 Å². The van der Waals surface area contributed by atoms with Crippen LogP contribution in [0.5, 0.6) is 5.75 Å². The molecular formula is C26H31FO11S. The molecule has 39 heavy (non-hydrogen) atoms. The Morgan fingerprint density at radius 2 is 1.51 bits per heavy atom. The third-order valence-corrected chi connectivity index (χ3v) is 6.06. The van der Waals surface area contributed by atoms with E-state index in [-0.39, 0.29) is 12.4 Å². The first-order valence-corrected chi connectivity index (χ1v) is 12.9. The number of rotatable bonds is 10. The van der Waals surface area contributed by atoms with Gasteiger partial charge in [-0.2, -0.15) is 0 Å². The minimum absolute atomic E-state index is 0.160. The minimum Gasteiger partial charge on any atom is -0.496 e. The van der Waals surface area contributed by atoms with E-state index < -0.39 is 65.3 Å². The van der Waals surface area contributed by atoms with Gasteiger partial charge in [0.15, 0.2) is 24.1 Å². The SMILES string of the molecule is CCSC(=O)/C(F)=C\c1ccc([C@@H]2O[C@H](COC(C)=O)[C@@H](OC(C)=O)[C@H](OC(C)=O)[C@H]2OC(C)=O)c(OC)c1. The van der Waals surface area contributed by atoms with Crippen molar-refractivity contribution in [3.05, 3.63) is 35.2 Å². The molecular weight excluding hydrogens is 539 g/mol. The maximum atomic E-state index is 14.3. The highest BCUT2D eigenvalue weighted by molar-refractivity contribution is 8.14. The van der Waals surface area contributed by atoms with Crippen molar-refractivity contribution in [2.45, 2.75) is 65.1 Å². The summed E-state index contributed by atoms with van der Waals surface area (Å²) in [4.78, 5) is 59.4. The molecule has 0 N–H and O–H groups in total. The van der Waals surface area contributed by atoms with E-state index in [0.717, 1.165) is 38.6 Å². The van der Waals surface area contributed by atoms with Gasteiger partial charge in [-0.3, -0.25) is 24.0 Å². The van der Waals surface area contributed by atoms with Crippen molar-refractivity contribution in [1.82, 2.24) is 0 Å². The van der Waals surface area contributed by atoms with Crippen molar-refractivity contribution in [3.63, 3.8) is 0 Å². The second-order valence-electron chi connectivity index (χ2n) is 8.33. The molecule has 1 aliphatic heterocycles. The zero-order valence-electron chi connectivity index (χ0n) is 22.4. The summed E-state index contributed by atoms with van der Waals surface area (Å²) in [7, 11) is 1.34. The van der Waals surface area contributed by atoms with E-state index in [9.17, 15) is 28.4 Å². The van der Waals surface area contributed by atoms with Crippen LogP contribution in [-0.4, -0.2) is 72.9 Å². The molecule has 2 rings (SSSR count). The molecule has 0 aliphatic carbocycles. The number of halogens is 1. The Bertz CT molecular complexity index is 1120. The lowest BCUT2D eigenvalue weighted by molar-refractivity contribution is -0.254. The number of carbonyl (C=O) groups excluding carboxylic acids is 5. The van der Waals surface area contributed by atoms with Crippen molar-refractivity contribution >= 4 is 46.8 Å². The second kappa shape index (κ2) is 14.6. The predicted molar refractivity (Wildman–Crippen MR) is 136 cm³/mol. The average molecular weight is 571 g/mol. The van der Waals surface area contributed by atoms with Gasteiger partial charge in [-0.05, 0) is 23.5 Å². The van der Waals surface area contributed by atoms with E-state index >= 15 is 0 Å². The summed E-state index contributed by atoms with van der Waals surface area (Å²) in [6.45, 7) is 5.88. The zero-order valence-corrected chi connectivity index (χ0v) is 23.2. The molecule has 5 atom stereocenters. The van der Waals surface area contributed by atoms with Gasteiger partial charge in [0.1, 0.15) is 24.6 Å². The molecule has 1 aromatic rings. The maximum Gasteiger partial charge on any atom is 0.303 e. The molecule has 1 saturated heterocycles.